The Morgan fingerprint density at radius 1 is 1.67 bits per heavy atom. The Hall–Kier alpha value is -1.77. The summed E-state index contributed by atoms with van der Waals surface area (Å²) in [7, 11) is 0. The van der Waals surface area contributed by atoms with Crippen LogP contribution in [0.2, 0.25) is 0 Å². The molecule has 0 saturated heterocycles. The molecule has 4 N–H and O–H groups in total. The van der Waals surface area contributed by atoms with Crippen molar-refractivity contribution in [1.82, 2.24) is 5.32 Å². The van der Waals surface area contributed by atoms with Crippen molar-refractivity contribution in [3.8, 4) is 6.19 Å². The molecule has 0 aromatic carbocycles. The summed E-state index contributed by atoms with van der Waals surface area (Å²) >= 11 is 0. The van der Waals surface area contributed by atoms with Gasteiger partial charge >= 0.3 is 5.97 Å². The zero-order chi connectivity index (χ0) is 9.56. The van der Waals surface area contributed by atoms with Gasteiger partial charge in [-0.15, -0.1) is 0 Å². The largest absolute Gasteiger partial charge is 0.480 e. The van der Waals surface area contributed by atoms with E-state index in [1.54, 1.807) is 0 Å². The summed E-state index contributed by atoms with van der Waals surface area (Å²) in [5.74, 6) is -1.75. The summed E-state index contributed by atoms with van der Waals surface area (Å²) in [4.78, 5) is 20.6. The number of amides is 1. The quantitative estimate of drug-likeness (QED) is 0.354. The molecule has 0 fully saturated rings. The molecule has 1 amide bonds. The Balaban J connectivity index is 3.89. The third-order valence-corrected chi connectivity index (χ3v) is 1.22. The molecule has 0 heterocycles. The average molecular weight is 171 g/mol. The molecule has 0 bridgehead atoms. The van der Waals surface area contributed by atoms with Crippen molar-refractivity contribution < 1.29 is 14.7 Å². The highest BCUT2D eigenvalue weighted by Crippen LogP contribution is 1.95. The molecule has 6 nitrogen and oxygen atoms in total. The molecule has 0 saturated carbocycles. The minimum Gasteiger partial charge on any atom is -0.480 e. The van der Waals surface area contributed by atoms with Crippen LogP contribution in [0, 0.1) is 11.5 Å². The van der Waals surface area contributed by atoms with Gasteiger partial charge in [0.25, 0.3) is 0 Å². The zero-order valence-electron chi connectivity index (χ0n) is 6.28. The van der Waals surface area contributed by atoms with Gasteiger partial charge in [-0.25, -0.2) is 4.79 Å². The van der Waals surface area contributed by atoms with Crippen molar-refractivity contribution in [2.24, 2.45) is 5.73 Å². The van der Waals surface area contributed by atoms with Crippen molar-refractivity contribution in [2.75, 3.05) is 0 Å². The molecule has 0 aliphatic heterocycles. The first-order chi connectivity index (χ1) is 5.57. The van der Waals surface area contributed by atoms with Gasteiger partial charge in [-0.3, -0.25) is 4.79 Å². The number of nitrogens with one attached hydrogen (secondary N) is 1. The highest BCUT2D eigenvalue weighted by Gasteiger charge is 2.16. The lowest BCUT2D eigenvalue weighted by Crippen LogP contribution is -2.34. The van der Waals surface area contributed by atoms with E-state index in [1.165, 1.54) is 6.19 Å². The van der Waals surface area contributed by atoms with Crippen LogP contribution in [-0.4, -0.2) is 23.0 Å². The predicted octanol–water partition coefficient (Wildman–Crippen LogP) is -1.22. The first-order valence-corrected chi connectivity index (χ1v) is 3.23. The van der Waals surface area contributed by atoms with Crippen LogP contribution in [0.3, 0.4) is 0 Å². The number of carboxylic acids is 1. The summed E-state index contributed by atoms with van der Waals surface area (Å²) in [5, 5.41) is 18.6. The van der Waals surface area contributed by atoms with E-state index in [4.69, 9.17) is 16.1 Å². The Kier molecular flexibility index (Phi) is 4.23. The first kappa shape index (κ1) is 10.2. The minimum absolute atomic E-state index is 0.0260. The van der Waals surface area contributed by atoms with E-state index in [0.717, 1.165) is 0 Å². The van der Waals surface area contributed by atoms with E-state index in [1.807, 2.05) is 5.32 Å². The third-order valence-electron chi connectivity index (χ3n) is 1.22. The number of hydrogen-bond donors (Lipinski definition) is 3. The Morgan fingerprint density at radius 2 is 2.25 bits per heavy atom. The SMILES string of the molecule is N#CN[C@@H](CCC(N)=O)C(=O)O. The van der Waals surface area contributed by atoms with Crippen molar-refractivity contribution in [3.63, 3.8) is 0 Å². The number of nitrogens with zero attached hydrogens (tertiary/aromatic N) is 1. The van der Waals surface area contributed by atoms with Crippen LogP contribution >= 0.6 is 0 Å². The standard InChI is InChI=1S/C6H9N3O3/c7-3-9-4(6(11)12)1-2-5(8)10/h4,9H,1-2H2,(H2,8,10)(H,11,12)/t4-/m0/s1. The molecule has 0 radical (unpaired) electrons. The fourth-order valence-corrected chi connectivity index (χ4v) is 0.622. The number of carboxylic acid groups (broad SMARTS) is 1. The first-order valence-electron chi connectivity index (χ1n) is 3.23. The van der Waals surface area contributed by atoms with Gasteiger partial charge < -0.3 is 16.2 Å². The summed E-state index contributed by atoms with van der Waals surface area (Å²) < 4.78 is 0. The van der Waals surface area contributed by atoms with Crippen LogP contribution in [0.4, 0.5) is 0 Å². The number of nitrogens with two attached hydrogens (primary N) is 1. The number of nitriles is 1. The van der Waals surface area contributed by atoms with Gasteiger partial charge in [-0.1, -0.05) is 0 Å². The van der Waals surface area contributed by atoms with E-state index in [0.29, 0.717) is 0 Å². The second-order valence-corrected chi connectivity index (χ2v) is 2.15. The lowest BCUT2D eigenvalue weighted by atomic mass is 10.1. The smallest absolute Gasteiger partial charge is 0.326 e. The molecule has 1 atom stereocenters. The predicted molar refractivity (Wildman–Crippen MR) is 38.6 cm³/mol. The van der Waals surface area contributed by atoms with Crippen LogP contribution < -0.4 is 11.1 Å². The van der Waals surface area contributed by atoms with Crippen LogP contribution in [0.15, 0.2) is 0 Å². The minimum atomic E-state index is -1.17. The molecule has 12 heavy (non-hydrogen) atoms. The summed E-state index contributed by atoms with van der Waals surface area (Å²) in [6.45, 7) is 0. The molecular weight excluding hydrogens is 162 g/mol. The second-order valence-electron chi connectivity index (χ2n) is 2.15. The normalized spacial score (nSPS) is 11.2. The maximum absolute atomic E-state index is 10.3. The fraction of sp³-hybridized carbons (Fsp3) is 0.500. The Labute approximate surface area is 69.0 Å². The van der Waals surface area contributed by atoms with Gasteiger partial charge in [-0.2, -0.15) is 5.26 Å². The lowest BCUT2D eigenvalue weighted by Gasteiger charge is -2.07. The molecule has 6 heteroatoms. The van der Waals surface area contributed by atoms with Gasteiger partial charge in [0.15, 0.2) is 6.19 Å². The summed E-state index contributed by atoms with van der Waals surface area (Å²) in [5.41, 5.74) is 4.79. The topological polar surface area (TPSA) is 116 Å². The number of carbonyl (C=O) groups is 2. The second kappa shape index (κ2) is 4.96. The van der Waals surface area contributed by atoms with E-state index in [2.05, 4.69) is 0 Å². The van der Waals surface area contributed by atoms with Crippen LogP contribution in [-0.2, 0) is 9.59 Å². The van der Waals surface area contributed by atoms with Gasteiger partial charge in [0.2, 0.25) is 5.91 Å². The van der Waals surface area contributed by atoms with Crippen molar-refractivity contribution in [2.45, 2.75) is 18.9 Å². The lowest BCUT2D eigenvalue weighted by molar-refractivity contribution is -0.139. The van der Waals surface area contributed by atoms with Gasteiger partial charge in [0.05, 0.1) is 0 Å². The van der Waals surface area contributed by atoms with Gasteiger partial charge in [0, 0.05) is 6.42 Å². The fourth-order valence-electron chi connectivity index (χ4n) is 0.622. The molecule has 0 aromatic heterocycles. The number of primary amides is 1. The molecule has 0 unspecified atom stereocenters. The summed E-state index contributed by atoms with van der Waals surface area (Å²) in [6.07, 6.45) is 1.47. The van der Waals surface area contributed by atoms with Crippen molar-refractivity contribution in [1.29, 1.82) is 5.26 Å². The van der Waals surface area contributed by atoms with Crippen LogP contribution in [0.1, 0.15) is 12.8 Å². The number of carbonyl (C=O) groups excluding carboxylic acids is 1. The van der Waals surface area contributed by atoms with E-state index in [-0.39, 0.29) is 12.8 Å². The monoisotopic (exact) mass is 171 g/mol. The third kappa shape index (κ3) is 4.11. The van der Waals surface area contributed by atoms with E-state index >= 15 is 0 Å². The molecule has 66 valence electrons. The molecule has 0 aliphatic rings. The highest BCUT2D eigenvalue weighted by molar-refractivity contribution is 5.77. The molecule has 0 spiro atoms. The van der Waals surface area contributed by atoms with E-state index in [9.17, 15) is 9.59 Å². The number of hydrogen-bond acceptors (Lipinski definition) is 4. The Morgan fingerprint density at radius 3 is 2.58 bits per heavy atom. The highest BCUT2D eigenvalue weighted by atomic mass is 16.4. The van der Waals surface area contributed by atoms with Crippen molar-refractivity contribution >= 4 is 11.9 Å². The number of aliphatic carboxylic acids is 1. The van der Waals surface area contributed by atoms with Gasteiger partial charge in [0.1, 0.15) is 6.04 Å². The van der Waals surface area contributed by atoms with E-state index < -0.39 is 17.9 Å². The summed E-state index contributed by atoms with van der Waals surface area (Å²) in [6, 6.07) is -1.03. The number of rotatable bonds is 5. The average Bonchev–Trinajstić information content (AvgIpc) is 1.96. The van der Waals surface area contributed by atoms with Crippen molar-refractivity contribution in [3.05, 3.63) is 0 Å². The maximum Gasteiger partial charge on any atom is 0.326 e. The maximum atomic E-state index is 10.3. The molecule has 0 aromatic rings. The molecular formula is C6H9N3O3. The van der Waals surface area contributed by atoms with Crippen LogP contribution in [0.5, 0.6) is 0 Å². The molecule has 0 rings (SSSR count). The Bertz CT molecular complexity index is 221. The van der Waals surface area contributed by atoms with Crippen LogP contribution in [0.25, 0.3) is 0 Å². The zero-order valence-corrected chi connectivity index (χ0v) is 6.28. The molecule has 0 aliphatic carbocycles. The van der Waals surface area contributed by atoms with Gasteiger partial charge in [-0.05, 0) is 6.42 Å².